The predicted octanol–water partition coefficient (Wildman–Crippen LogP) is 16.8. The average Bonchev–Trinajstić information content (AvgIpc) is 0.800. The van der Waals surface area contributed by atoms with Crippen LogP contribution in [0.25, 0.3) is 0 Å². The summed E-state index contributed by atoms with van der Waals surface area (Å²) in [5.74, 6) is -0.252. The average molecular weight is 1330 g/mol. The standard InChI is InChI=1S/C81H139NO13/c1-3-5-7-9-11-13-15-17-19-21-23-25-27-29-31-32-33-34-35-36-37-38-39-41-43-45-47-49-51-53-55-57-59-61-63-65-73(86)82-69(68-92-80-78(91)76(89)79(72(67-84)94-80)95-81-77(90)75(88)74(87)71(66-83)93-81)70(85)64-62-60-58-56-54-52-50-48-46-44-42-40-30-28-26-24-22-20-18-16-14-12-10-8-6-4-2/h5,7,11,13,17,19,23,25,29,31,33-34,36-37,39,41,45,47,62,64,69-72,74-81,83-85,87-91H,3-4,6,8-10,12,14-16,18,20-22,24,26-28,30,32,35,38,40,42-44,46,48-61,63,65-68H2,1-2H3,(H,82,86)/b7-5-,13-11-,19-17-,25-23-,31-29-,34-33-,37-36-,41-39-,47-45-,64-62+. The lowest BCUT2D eigenvalue weighted by Gasteiger charge is -2.46. The van der Waals surface area contributed by atoms with Crippen molar-refractivity contribution in [2.45, 2.75) is 364 Å². The van der Waals surface area contributed by atoms with E-state index in [1.54, 1.807) is 6.08 Å². The van der Waals surface area contributed by atoms with E-state index >= 15 is 0 Å². The number of aliphatic hydroxyl groups is 8. The van der Waals surface area contributed by atoms with Gasteiger partial charge in [0.15, 0.2) is 12.6 Å². The van der Waals surface area contributed by atoms with Gasteiger partial charge in [0.1, 0.15) is 48.8 Å². The molecule has 2 aliphatic heterocycles. The van der Waals surface area contributed by atoms with Crippen molar-refractivity contribution in [3.8, 4) is 0 Å². The third kappa shape index (κ3) is 47.1. The summed E-state index contributed by atoms with van der Waals surface area (Å²) in [6.07, 6.45) is 76.8. The number of amides is 1. The molecule has 0 saturated carbocycles. The Morgan fingerprint density at radius 3 is 1.12 bits per heavy atom. The number of aliphatic hydroxyl groups excluding tert-OH is 8. The molecule has 0 radical (unpaired) electrons. The van der Waals surface area contributed by atoms with Crippen molar-refractivity contribution in [3.63, 3.8) is 0 Å². The molecule has 0 aliphatic carbocycles. The van der Waals surface area contributed by atoms with Crippen LogP contribution in [-0.4, -0.2) is 140 Å². The highest BCUT2D eigenvalue weighted by atomic mass is 16.7. The van der Waals surface area contributed by atoms with E-state index < -0.39 is 86.8 Å². The molecule has 2 saturated heterocycles. The van der Waals surface area contributed by atoms with Gasteiger partial charge >= 0.3 is 0 Å². The zero-order valence-electron chi connectivity index (χ0n) is 59.6. The van der Waals surface area contributed by atoms with Gasteiger partial charge < -0.3 is 65.1 Å². The summed E-state index contributed by atoms with van der Waals surface area (Å²) in [5.41, 5.74) is 0. The Bertz CT molecular complexity index is 2060. The first-order chi connectivity index (χ1) is 46.6. The highest BCUT2D eigenvalue weighted by Crippen LogP contribution is 2.30. The van der Waals surface area contributed by atoms with Crippen LogP contribution in [0.4, 0.5) is 0 Å². The molecule has 12 atom stereocenters. The Morgan fingerprint density at radius 1 is 0.389 bits per heavy atom. The summed E-state index contributed by atoms with van der Waals surface area (Å²) < 4.78 is 22.9. The fourth-order valence-corrected chi connectivity index (χ4v) is 11.9. The summed E-state index contributed by atoms with van der Waals surface area (Å²) in [6, 6.07) is -0.932. The number of nitrogens with one attached hydrogen (secondary N) is 1. The first kappa shape index (κ1) is 87.5. The second-order valence-electron chi connectivity index (χ2n) is 26.4. The number of hydrogen-bond donors (Lipinski definition) is 9. The van der Waals surface area contributed by atoms with Crippen molar-refractivity contribution < 1.29 is 64.6 Å². The minimum Gasteiger partial charge on any atom is -0.394 e. The number of hydrogen-bond acceptors (Lipinski definition) is 13. The van der Waals surface area contributed by atoms with Crippen LogP contribution in [0.3, 0.4) is 0 Å². The van der Waals surface area contributed by atoms with E-state index in [1.807, 2.05) is 6.08 Å². The molecule has 9 N–H and O–H groups in total. The lowest BCUT2D eigenvalue weighted by molar-refractivity contribution is -0.359. The lowest BCUT2D eigenvalue weighted by Crippen LogP contribution is -2.65. The third-order valence-electron chi connectivity index (χ3n) is 17.9. The van der Waals surface area contributed by atoms with E-state index in [0.717, 1.165) is 122 Å². The van der Waals surface area contributed by atoms with Gasteiger partial charge in [-0.3, -0.25) is 4.79 Å². The first-order valence-electron chi connectivity index (χ1n) is 38.3. The number of allylic oxidation sites excluding steroid dienone is 19. The quantitative estimate of drug-likeness (QED) is 0.0204. The van der Waals surface area contributed by atoms with Crippen molar-refractivity contribution >= 4 is 5.91 Å². The highest BCUT2D eigenvalue weighted by Gasteiger charge is 2.51. The molecule has 0 bridgehead atoms. The van der Waals surface area contributed by atoms with Gasteiger partial charge in [-0.05, 0) is 89.9 Å². The van der Waals surface area contributed by atoms with E-state index in [0.29, 0.717) is 6.42 Å². The maximum absolute atomic E-state index is 13.4. The van der Waals surface area contributed by atoms with Gasteiger partial charge in [-0.1, -0.05) is 315 Å². The Labute approximate surface area is 578 Å². The lowest BCUT2D eigenvalue weighted by atomic mass is 9.97. The number of carbonyl (C=O) groups excluding carboxylic acids is 1. The smallest absolute Gasteiger partial charge is 0.220 e. The topological polar surface area (TPSA) is 228 Å². The summed E-state index contributed by atoms with van der Waals surface area (Å²) in [6.45, 7) is 2.70. The Kier molecular flexibility index (Phi) is 58.8. The van der Waals surface area contributed by atoms with Crippen molar-refractivity contribution in [2.75, 3.05) is 19.8 Å². The van der Waals surface area contributed by atoms with Crippen LogP contribution in [0.1, 0.15) is 290 Å². The molecule has 0 spiro atoms. The molecule has 0 aromatic heterocycles. The molecule has 546 valence electrons. The molecule has 2 fully saturated rings. The van der Waals surface area contributed by atoms with E-state index in [1.165, 1.54) is 141 Å². The highest BCUT2D eigenvalue weighted by molar-refractivity contribution is 5.76. The molecule has 14 heteroatoms. The van der Waals surface area contributed by atoms with Crippen LogP contribution in [0.2, 0.25) is 0 Å². The minimum atomic E-state index is -1.80. The molecular formula is C81H139NO13. The first-order valence-corrected chi connectivity index (χ1v) is 38.3. The van der Waals surface area contributed by atoms with Crippen molar-refractivity contribution in [2.24, 2.45) is 0 Å². The van der Waals surface area contributed by atoms with E-state index in [2.05, 4.69) is 129 Å². The molecule has 2 aliphatic rings. The van der Waals surface area contributed by atoms with E-state index in [9.17, 15) is 45.6 Å². The van der Waals surface area contributed by atoms with Gasteiger partial charge in [0, 0.05) is 6.42 Å². The van der Waals surface area contributed by atoms with Crippen LogP contribution in [0.15, 0.2) is 122 Å². The normalized spacial score (nSPS) is 23.1. The van der Waals surface area contributed by atoms with Gasteiger partial charge in [0.25, 0.3) is 0 Å². The largest absolute Gasteiger partial charge is 0.394 e. The van der Waals surface area contributed by atoms with E-state index in [-0.39, 0.29) is 18.9 Å². The summed E-state index contributed by atoms with van der Waals surface area (Å²) in [4.78, 5) is 13.4. The summed E-state index contributed by atoms with van der Waals surface area (Å²) in [5, 5.41) is 87.6. The maximum atomic E-state index is 13.4. The van der Waals surface area contributed by atoms with E-state index in [4.69, 9.17) is 18.9 Å². The second-order valence-corrected chi connectivity index (χ2v) is 26.4. The summed E-state index contributed by atoms with van der Waals surface area (Å²) in [7, 11) is 0. The van der Waals surface area contributed by atoms with Gasteiger partial charge in [0.05, 0.1) is 32.0 Å². The number of rotatable bonds is 62. The van der Waals surface area contributed by atoms with Crippen molar-refractivity contribution in [1.82, 2.24) is 5.32 Å². The minimum absolute atomic E-state index is 0.252. The van der Waals surface area contributed by atoms with Crippen LogP contribution in [-0.2, 0) is 23.7 Å². The molecule has 95 heavy (non-hydrogen) atoms. The van der Waals surface area contributed by atoms with Gasteiger partial charge in [-0.2, -0.15) is 0 Å². The monoisotopic (exact) mass is 1330 g/mol. The SMILES string of the molecule is CC/C=C\C/C=C\C/C=C\C/C=C\C/C=C\C/C=C\C/C=C\C/C=C\C/C=C\CCCCCCCCCC(=O)NC(COC1OC(CO)C(OC2OC(CO)C(O)C(O)C2O)C(O)C1O)C(O)/C=C/CCCCCCCCCCCCCCCCCCCCCCCCCC. The Hall–Kier alpha value is -3.61. The molecule has 14 nitrogen and oxygen atoms in total. The predicted molar refractivity (Wildman–Crippen MR) is 392 cm³/mol. The van der Waals surface area contributed by atoms with Crippen LogP contribution < -0.4 is 5.32 Å². The number of ether oxygens (including phenoxy) is 4. The van der Waals surface area contributed by atoms with Gasteiger partial charge in [-0.25, -0.2) is 0 Å². The molecule has 2 heterocycles. The van der Waals surface area contributed by atoms with Gasteiger partial charge in [-0.15, -0.1) is 0 Å². The number of carbonyl (C=O) groups is 1. The fraction of sp³-hybridized carbons (Fsp3) is 0.741. The Morgan fingerprint density at radius 2 is 0.726 bits per heavy atom. The summed E-state index contributed by atoms with van der Waals surface area (Å²) >= 11 is 0. The molecule has 12 unspecified atom stereocenters. The third-order valence-corrected chi connectivity index (χ3v) is 17.9. The molecule has 0 aromatic carbocycles. The number of unbranched alkanes of at least 4 members (excludes halogenated alkanes) is 31. The van der Waals surface area contributed by atoms with Gasteiger partial charge in [0.2, 0.25) is 5.91 Å². The molecule has 2 rings (SSSR count). The zero-order valence-corrected chi connectivity index (χ0v) is 59.6. The van der Waals surface area contributed by atoms with Crippen molar-refractivity contribution in [1.29, 1.82) is 0 Å². The van der Waals surface area contributed by atoms with Crippen LogP contribution >= 0.6 is 0 Å². The molecular weight excluding hydrogens is 1190 g/mol. The van der Waals surface area contributed by atoms with Crippen LogP contribution in [0, 0.1) is 0 Å². The van der Waals surface area contributed by atoms with Crippen LogP contribution in [0.5, 0.6) is 0 Å². The Balaban J connectivity index is 1.67. The molecule has 1 amide bonds. The molecule has 0 aromatic rings. The van der Waals surface area contributed by atoms with Crippen molar-refractivity contribution in [3.05, 3.63) is 122 Å². The second kappa shape index (κ2) is 63.8. The maximum Gasteiger partial charge on any atom is 0.220 e. The zero-order chi connectivity index (χ0) is 68.7. The fourth-order valence-electron chi connectivity index (χ4n) is 11.9.